The SMILES string of the molecule is CC(C)Cn1cc(NC(=O)N[C@H](C)C(C)C)cn1. The highest BCUT2D eigenvalue weighted by Gasteiger charge is 2.11. The largest absolute Gasteiger partial charge is 0.335 e. The van der Waals surface area contributed by atoms with E-state index in [2.05, 4.69) is 43.4 Å². The van der Waals surface area contributed by atoms with Crippen molar-refractivity contribution in [3.8, 4) is 0 Å². The third-order valence-electron chi connectivity index (χ3n) is 2.80. The van der Waals surface area contributed by atoms with Gasteiger partial charge < -0.3 is 10.6 Å². The van der Waals surface area contributed by atoms with Crippen LogP contribution in [-0.4, -0.2) is 21.9 Å². The van der Waals surface area contributed by atoms with Crippen LogP contribution in [0.4, 0.5) is 10.5 Å². The zero-order chi connectivity index (χ0) is 13.7. The number of aromatic nitrogens is 2. The van der Waals surface area contributed by atoms with Crippen molar-refractivity contribution in [1.29, 1.82) is 0 Å². The van der Waals surface area contributed by atoms with Gasteiger partial charge in [-0.15, -0.1) is 0 Å². The number of urea groups is 1. The molecule has 0 spiro atoms. The molecule has 0 fully saturated rings. The zero-order valence-corrected chi connectivity index (χ0v) is 11.9. The molecule has 5 heteroatoms. The first kappa shape index (κ1) is 14.5. The van der Waals surface area contributed by atoms with E-state index in [9.17, 15) is 4.79 Å². The fourth-order valence-electron chi connectivity index (χ4n) is 1.44. The van der Waals surface area contributed by atoms with Crippen molar-refractivity contribution in [2.75, 3.05) is 5.32 Å². The van der Waals surface area contributed by atoms with E-state index in [1.54, 1.807) is 6.20 Å². The Morgan fingerprint density at radius 3 is 2.56 bits per heavy atom. The minimum atomic E-state index is -0.180. The van der Waals surface area contributed by atoms with Crippen LogP contribution in [0.3, 0.4) is 0 Å². The molecule has 102 valence electrons. The van der Waals surface area contributed by atoms with E-state index in [-0.39, 0.29) is 12.1 Å². The van der Waals surface area contributed by atoms with E-state index in [1.165, 1.54) is 0 Å². The average molecular weight is 252 g/mol. The van der Waals surface area contributed by atoms with E-state index in [1.807, 2.05) is 17.8 Å². The fraction of sp³-hybridized carbons (Fsp3) is 0.692. The number of nitrogens with one attached hydrogen (secondary N) is 2. The minimum absolute atomic E-state index is 0.149. The van der Waals surface area contributed by atoms with Crippen molar-refractivity contribution in [3.05, 3.63) is 12.4 Å². The smallest absolute Gasteiger partial charge is 0.319 e. The van der Waals surface area contributed by atoms with Crippen LogP contribution >= 0.6 is 0 Å². The van der Waals surface area contributed by atoms with Gasteiger partial charge >= 0.3 is 6.03 Å². The van der Waals surface area contributed by atoms with Crippen LogP contribution < -0.4 is 10.6 Å². The summed E-state index contributed by atoms with van der Waals surface area (Å²) in [6.07, 6.45) is 3.52. The van der Waals surface area contributed by atoms with Gasteiger partial charge in [-0.25, -0.2) is 4.79 Å². The van der Waals surface area contributed by atoms with Crippen molar-refractivity contribution in [2.24, 2.45) is 11.8 Å². The van der Waals surface area contributed by atoms with E-state index in [4.69, 9.17) is 0 Å². The highest BCUT2D eigenvalue weighted by molar-refractivity contribution is 5.89. The maximum Gasteiger partial charge on any atom is 0.319 e. The summed E-state index contributed by atoms with van der Waals surface area (Å²) in [5, 5.41) is 9.88. The predicted octanol–water partition coefficient (Wildman–Crippen LogP) is 2.71. The Balaban J connectivity index is 2.47. The van der Waals surface area contributed by atoms with Gasteiger partial charge in [0.25, 0.3) is 0 Å². The molecule has 5 nitrogen and oxygen atoms in total. The Morgan fingerprint density at radius 2 is 2.00 bits per heavy atom. The molecule has 2 N–H and O–H groups in total. The molecule has 1 rings (SSSR count). The van der Waals surface area contributed by atoms with Crippen molar-refractivity contribution >= 4 is 11.7 Å². The van der Waals surface area contributed by atoms with Gasteiger partial charge in [-0.3, -0.25) is 4.68 Å². The second-order valence-corrected chi connectivity index (χ2v) is 5.48. The normalized spacial score (nSPS) is 12.8. The summed E-state index contributed by atoms with van der Waals surface area (Å²) >= 11 is 0. The Morgan fingerprint density at radius 1 is 1.33 bits per heavy atom. The minimum Gasteiger partial charge on any atom is -0.335 e. The molecule has 18 heavy (non-hydrogen) atoms. The number of anilines is 1. The average Bonchev–Trinajstić information content (AvgIpc) is 2.63. The monoisotopic (exact) mass is 252 g/mol. The number of amides is 2. The van der Waals surface area contributed by atoms with E-state index >= 15 is 0 Å². The Kier molecular flexibility index (Phi) is 5.19. The molecule has 2 amide bonds. The lowest BCUT2D eigenvalue weighted by molar-refractivity contribution is 0.246. The predicted molar refractivity (Wildman–Crippen MR) is 73.5 cm³/mol. The van der Waals surface area contributed by atoms with Crippen molar-refractivity contribution in [1.82, 2.24) is 15.1 Å². The van der Waals surface area contributed by atoms with Crippen LogP contribution in [0.1, 0.15) is 34.6 Å². The molecule has 0 bridgehead atoms. The van der Waals surface area contributed by atoms with Gasteiger partial charge in [0.2, 0.25) is 0 Å². The molecule has 1 aromatic heterocycles. The molecule has 1 heterocycles. The molecule has 0 aliphatic carbocycles. The van der Waals surface area contributed by atoms with Gasteiger partial charge in [0, 0.05) is 18.8 Å². The van der Waals surface area contributed by atoms with Crippen molar-refractivity contribution < 1.29 is 4.79 Å². The third kappa shape index (κ3) is 4.77. The highest BCUT2D eigenvalue weighted by Crippen LogP contribution is 2.07. The standard InChI is InChI=1S/C13H24N4O/c1-9(2)7-17-8-12(6-14-17)16-13(18)15-11(5)10(3)4/h6,8-11H,7H2,1-5H3,(H2,15,16,18)/t11-/m1/s1. The topological polar surface area (TPSA) is 59.0 Å². The van der Waals surface area contributed by atoms with Crippen molar-refractivity contribution in [3.63, 3.8) is 0 Å². The highest BCUT2D eigenvalue weighted by atomic mass is 16.2. The van der Waals surface area contributed by atoms with Crippen LogP contribution in [0.5, 0.6) is 0 Å². The fourth-order valence-corrected chi connectivity index (χ4v) is 1.44. The molecular formula is C13H24N4O. The maximum atomic E-state index is 11.7. The summed E-state index contributed by atoms with van der Waals surface area (Å²) < 4.78 is 1.84. The Hall–Kier alpha value is -1.52. The van der Waals surface area contributed by atoms with Crippen LogP contribution in [0, 0.1) is 11.8 Å². The molecule has 0 saturated heterocycles. The maximum absolute atomic E-state index is 11.7. The molecule has 0 aromatic carbocycles. The molecule has 1 aromatic rings. The quantitative estimate of drug-likeness (QED) is 0.846. The number of nitrogens with zero attached hydrogens (tertiary/aromatic N) is 2. The lowest BCUT2D eigenvalue weighted by Crippen LogP contribution is -2.38. The molecule has 1 atom stereocenters. The molecule has 0 radical (unpaired) electrons. The van der Waals surface area contributed by atoms with Gasteiger partial charge in [-0.2, -0.15) is 5.10 Å². The number of rotatable bonds is 5. The van der Waals surface area contributed by atoms with Gasteiger partial charge in [-0.05, 0) is 18.8 Å². The molecule has 0 saturated carbocycles. The van der Waals surface area contributed by atoms with Gasteiger partial charge in [-0.1, -0.05) is 27.7 Å². The van der Waals surface area contributed by atoms with Gasteiger partial charge in [0.15, 0.2) is 0 Å². The van der Waals surface area contributed by atoms with E-state index < -0.39 is 0 Å². The zero-order valence-electron chi connectivity index (χ0n) is 11.9. The molecular weight excluding hydrogens is 228 g/mol. The number of carbonyl (C=O) groups excluding carboxylic acids is 1. The molecule has 0 unspecified atom stereocenters. The lowest BCUT2D eigenvalue weighted by Gasteiger charge is -2.17. The summed E-state index contributed by atoms with van der Waals surface area (Å²) in [6.45, 7) is 11.3. The Bertz CT molecular complexity index is 384. The van der Waals surface area contributed by atoms with Gasteiger partial charge in [0.1, 0.15) is 0 Å². The Labute approximate surface area is 109 Å². The lowest BCUT2D eigenvalue weighted by atomic mass is 10.1. The van der Waals surface area contributed by atoms with E-state index in [0.29, 0.717) is 11.8 Å². The van der Waals surface area contributed by atoms with E-state index in [0.717, 1.165) is 12.2 Å². The summed E-state index contributed by atoms with van der Waals surface area (Å²) in [5.41, 5.74) is 0.726. The first-order chi connectivity index (χ1) is 8.38. The molecule has 0 aliphatic heterocycles. The summed E-state index contributed by atoms with van der Waals surface area (Å²) in [6, 6.07) is -0.0315. The summed E-state index contributed by atoms with van der Waals surface area (Å²) in [7, 11) is 0. The third-order valence-corrected chi connectivity index (χ3v) is 2.80. The van der Waals surface area contributed by atoms with Crippen LogP contribution in [0.15, 0.2) is 12.4 Å². The summed E-state index contributed by atoms with van der Waals surface area (Å²) in [5.74, 6) is 0.951. The van der Waals surface area contributed by atoms with Crippen molar-refractivity contribution in [2.45, 2.75) is 47.2 Å². The second-order valence-electron chi connectivity index (χ2n) is 5.48. The van der Waals surface area contributed by atoms with Crippen LogP contribution in [0.2, 0.25) is 0 Å². The second kappa shape index (κ2) is 6.42. The number of carbonyl (C=O) groups is 1. The van der Waals surface area contributed by atoms with Crippen LogP contribution in [0.25, 0.3) is 0 Å². The first-order valence-electron chi connectivity index (χ1n) is 6.48. The molecule has 0 aliphatic rings. The summed E-state index contributed by atoms with van der Waals surface area (Å²) in [4.78, 5) is 11.7. The first-order valence-corrected chi connectivity index (χ1v) is 6.48. The number of hydrogen-bond acceptors (Lipinski definition) is 2. The number of hydrogen-bond donors (Lipinski definition) is 2. The van der Waals surface area contributed by atoms with Gasteiger partial charge in [0.05, 0.1) is 11.9 Å². The van der Waals surface area contributed by atoms with Crippen LogP contribution in [-0.2, 0) is 6.54 Å².